The van der Waals surface area contributed by atoms with Crippen LogP contribution in [-0.4, -0.2) is 20.6 Å². The van der Waals surface area contributed by atoms with Crippen LogP contribution >= 0.6 is 11.6 Å². The Morgan fingerprint density at radius 3 is 2.76 bits per heavy atom. The number of amides is 1. The third-order valence-corrected chi connectivity index (χ3v) is 4.59. The van der Waals surface area contributed by atoms with Crippen LogP contribution in [0.25, 0.3) is 22.4 Å². The zero-order valence-electron chi connectivity index (χ0n) is 14.9. The number of rotatable bonds is 5. The molecule has 0 aliphatic carbocycles. The molecule has 1 amide bonds. The van der Waals surface area contributed by atoms with Crippen LogP contribution in [-0.2, 0) is 11.3 Å². The highest BCUT2D eigenvalue weighted by Crippen LogP contribution is 2.24. The van der Waals surface area contributed by atoms with Crippen LogP contribution in [0.4, 0.5) is 10.1 Å². The molecule has 0 saturated carbocycles. The number of carbonyl (C=O) groups is 1. The van der Waals surface area contributed by atoms with Crippen molar-refractivity contribution in [1.82, 2.24) is 14.7 Å². The Balaban J connectivity index is 1.51. The van der Waals surface area contributed by atoms with E-state index in [4.69, 9.17) is 16.1 Å². The number of nitrogens with one attached hydrogen (secondary N) is 1. The van der Waals surface area contributed by atoms with Crippen LogP contribution in [0, 0.1) is 5.82 Å². The number of fused-ring (bicyclic) bond motifs is 1. The largest absolute Gasteiger partial charge is 0.348 e. The highest BCUT2D eigenvalue weighted by molar-refractivity contribution is 6.33. The Morgan fingerprint density at radius 1 is 1.21 bits per heavy atom. The summed E-state index contributed by atoms with van der Waals surface area (Å²) in [5, 5.41) is 6.63. The molecule has 0 radical (unpaired) electrons. The summed E-state index contributed by atoms with van der Waals surface area (Å²) in [7, 11) is 0. The lowest BCUT2D eigenvalue weighted by molar-refractivity contribution is -0.116. The van der Waals surface area contributed by atoms with E-state index in [1.165, 1.54) is 23.0 Å². The number of aryl methyl sites for hydroxylation is 1. The molecule has 7 nitrogen and oxygen atoms in total. The SMILES string of the molecule is O=C(CCn1cnc2c(-c3ccccc3)noc2c1=O)Nc1ccc(F)cc1Cl. The third-order valence-electron chi connectivity index (χ3n) is 4.28. The average molecular weight is 413 g/mol. The fraction of sp³-hybridized carbons (Fsp3) is 0.100. The first-order valence-electron chi connectivity index (χ1n) is 8.68. The van der Waals surface area contributed by atoms with Crippen molar-refractivity contribution in [2.24, 2.45) is 0 Å². The number of hydrogen-bond donors (Lipinski definition) is 1. The predicted molar refractivity (Wildman–Crippen MR) is 106 cm³/mol. The maximum absolute atomic E-state index is 13.1. The molecule has 1 N–H and O–H groups in total. The molecule has 0 aliphatic rings. The Kier molecular flexibility index (Phi) is 5.09. The summed E-state index contributed by atoms with van der Waals surface area (Å²) in [5.41, 5.74) is 1.51. The number of halogens is 2. The summed E-state index contributed by atoms with van der Waals surface area (Å²) in [6, 6.07) is 12.9. The van der Waals surface area contributed by atoms with Gasteiger partial charge in [0.05, 0.1) is 17.0 Å². The Morgan fingerprint density at radius 2 is 2.00 bits per heavy atom. The molecule has 4 aromatic rings. The monoisotopic (exact) mass is 412 g/mol. The molecular weight excluding hydrogens is 399 g/mol. The molecule has 2 aromatic heterocycles. The Bertz CT molecular complexity index is 1250. The van der Waals surface area contributed by atoms with Gasteiger partial charge in [0.25, 0.3) is 11.1 Å². The standard InChI is InChI=1S/C20H14ClFN4O3/c21-14-10-13(22)6-7-15(14)24-16(27)8-9-26-11-23-18-17(12-4-2-1-3-5-12)25-29-19(18)20(26)28/h1-7,10-11H,8-9H2,(H,24,27). The summed E-state index contributed by atoms with van der Waals surface area (Å²) < 4.78 is 19.6. The fourth-order valence-corrected chi connectivity index (χ4v) is 3.04. The number of benzene rings is 2. The molecule has 9 heteroatoms. The minimum atomic E-state index is -0.499. The summed E-state index contributed by atoms with van der Waals surface area (Å²) >= 11 is 5.89. The van der Waals surface area contributed by atoms with E-state index in [9.17, 15) is 14.0 Å². The number of nitrogens with zero attached hydrogens (tertiary/aromatic N) is 3. The molecule has 0 unspecified atom stereocenters. The maximum Gasteiger partial charge on any atom is 0.299 e. The van der Waals surface area contributed by atoms with Gasteiger partial charge in [-0.15, -0.1) is 0 Å². The van der Waals surface area contributed by atoms with Crippen LogP contribution in [0.15, 0.2) is 64.2 Å². The van der Waals surface area contributed by atoms with Crippen molar-refractivity contribution in [3.05, 3.63) is 76.1 Å². The summed E-state index contributed by atoms with van der Waals surface area (Å²) in [5.74, 6) is -0.881. The lowest BCUT2D eigenvalue weighted by atomic mass is 10.1. The minimum Gasteiger partial charge on any atom is -0.348 e. The molecule has 29 heavy (non-hydrogen) atoms. The molecular formula is C20H14ClFN4O3. The first kappa shape index (κ1) is 18.8. The van der Waals surface area contributed by atoms with E-state index in [1.807, 2.05) is 30.3 Å². The summed E-state index contributed by atoms with van der Waals surface area (Å²) in [6.45, 7) is 0.0772. The van der Waals surface area contributed by atoms with E-state index in [2.05, 4.69) is 15.5 Å². The van der Waals surface area contributed by atoms with Crippen LogP contribution in [0.2, 0.25) is 5.02 Å². The van der Waals surface area contributed by atoms with E-state index in [-0.39, 0.29) is 29.5 Å². The molecule has 0 spiro atoms. The van der Waals surface area contributed by atoms with E-state index < -0.39 is 11.4 Å². The van der Waals surface area contributed by atoms with Crippen molar-refractivity contribution in [3.63, 3.8) is 0 Å². The van der Waals surface area contributed by atoms with E-state index in [0.29, 0.717) is 16.9 Å². The summed E-state index contributed by atoms with van der Waals surface area (Å²) in [4.78, 5) is 29.1. The van der Waals surface area contributed by atoms with Gasteiger partial charge in [0.15, 0.2) is 0 Å². The number of hydrogen-bond acceptors (Lipinski definition) is 5. The molecule has 0 fully saturated rings. The third kappa shape index (κ3) is 3.88. The van der Waals surface area contributed by atoms with Gasteiger partial charge in [-0.25, -0.2) is 9.37 Å². The number of carbonyl (C=O) groups excluding carboxylic acids is 1. The van der Waals surface area contributed by atoms with Crippen LogP contribution < -0.4 is 10.9 Å². The quantitative estimate of drug-likeness (QED) is 0.537. The summed E-state index contributed by atoms with van der Waals surface area (Å²) in [6.07, 6.45) is 1.34. The van der Waals surface area contributed by atoms with Crippen molar-refractivity contribution < 1.29 is 13.7 Å². The Hall–Kier alpha value is -3.52. The molecule has 4 rings (SSSR count). The average Bonchev–Trinajstić information content (AvgIpc) is 3.15. The highest BCUT2D eigenvalue weighted by atomic mass is 35.5. The lowest BCUT2D eigenvalue weighted by Gasteiger charge is -2.08. The Labute approximate surface area is 168 Å². The van der Waals surface area contributed by atoms with E-state index in [1.54, 1.807) is 0 Å². The molecule has 0 saturated heterocycles. The fourth-order valence-electron chi connectivity index (χ4n) is 2.83. The smallest absolute Gasteiger partial charge is 0.299 e. The lowest BCUT2D eigenvalue weighted by Crippen LogP contribution is -2.23. The molecule has 0 atom stereocenters. The van der Waals surface area contributed by atoms with Crippen molar-refractivity contribution in [3.8, 4) is 11.3 Å². The van der Waals surface area contributed by atoms with Gasteiger partial charge in [-0.2, -0.15) is 0 Å². The maximum atomic E-state index is 13.1. The van der Waals surface area contributed by atoms with E-state index >= 15 is 0 Å². The molecule has 0 aliphatic heterocycles. The zero-order valence-corrected chi connectivity index (χ0v) is 15.7. The second-order valence-corrected chi connectivity index (χ2v) is 6.65. The molecule has 2 heterocycles. The highest BCUT2D eigenvalue weighted by Gasteiger charge is 2.16. The van der Waals surface area contributed by atoms with Crippen LogP contribution in [0.1, 0.15) is 6.42 Å². The minimum absolute atomic E-state index is 0.0134. The molecule has 0 bridgehead atoms. The van der Waals surface area contributed by atoms with Gasteiger partial charge in [0, 0.05) is 18.5 Å². The predicted octanol–water partition coefficient (Wildman–Crippen LogP) is 3.87. The first-order valence-corrected chi connectivity index (χ1v) is 9.06. The van der Waals surface area contributed by atoms with Crippen molar-refractivity contribution in [1.29, 1.82) is 0 Å². The number of aromatic nitrogens is 3. The van der Waals surface area contributed by atoms with Crippen molar-refractivity contribution in [2.45, 2.75) is 13.0 Å². The zero-order chi connectivity index (χ0) is 20.4. The van der Waals surface area contributed by atoms with Crippen LogP contribution in [0.5, 0.6) is 0 Å². The normalized spacial score (nSPS) is 11.0. The van der Waals surface area contributed by atoms with Crippen LogP contribution in [0.3, 0.4) is 0 Å². The second-order valence-electron chi connectivity index (χ2n) is 6.24. The van der Waals surface area contributed by atoms with Gasteiger partial charge in [0.1, 0.15) is 17.0 Å². The number of anilines is 1. The van der Waals surface area contributed by atoms with E-state index in [0.717, 1.165) is 11.6 Å². The topological polar surface area (TPSA) is 90.0 Å². The van der Waals surface area contributed by atoms with Gasteiger partial charge >= 0.3 is 0 Å². The van der Waals surface area contributed by atoms with Gasteiger partial charge in [-0.3, -0.25) is 14.2 Å². The van der Waals surface area contributed by atoms with Crippen molar-refractivity contribution in [2.75, 3.05) is 5.32 Å². The van der Waals surface area contributed by atoms with Crippen molar-refractivity contribution >= 4 is 34.3 Å². The van der Waals surface area contributed by atoms with Gasteiger partial charge in [0.2, 0.25) is 5.91 Å². The first-order chi connectivity index (χ1) is 14.0. The van der Waals surface area contributed by atoms with Gasteiger partial charge < -0.3 is 9.84 Å². The molecule has 146 valence electrons. The second kappa shape index (κ2) is 7.84. The van der Waals surface area contributed by atoms with Gasteiger partial charge in [-0.1, -0.05) is 47.1 Å². The molecule has 2 aromatic carbocycles. The van der Waals surface area contributed by atoms with Gasteiger partial charge in [-0.05, 0) is 18.2 Å².